The van der Waals surface area contributed by atoms with Crippen molar-refractivity contribution in [1.29, 1.82) is 0 Å². The van der Waals surface area contributed by atoms with Crippen LogP contribution >= 0.6 is 0 Å². The van der Waals surface area contributed by atoms with E-state index in [1.165, 1.54) is 5.56 Å². The normalized spacial score (nSPS) is 40.9. The lowest BCUT2D eigenvalue weighted by atomic mass is 9.71. The third-order valence-corrected chi connectivity index (χ3v) is 4.87. The van der Waals surface area contributed by atoms with Gasteiger partial charge >= 0.3 is 0 Å². The Hall–Kier alpha value is -1.22. The molecule has 0 N–H and O–H groups in total. The van der Waals surface area contributed by atoms with Crippen LogP contribution in [0.15, 0.2) is 18.2 Å². The van der Waals surface area contributed by atoms with E-state index in [1.54, 1.807) is 7.11 Å². The van der Waals surface area contributed by atoms with Crippen LogP contribution in [0.5, 0.6) is 11.5 Å². The first-order valence-corrected chi connectivity index (χ1v) is 6.19. The second kappa shape index (κ2) is 2.78. The summed E-state index contributed by atoms with van der Waals surface area (Å²) >= 11 is 0. The van der Waals surface area contributed by atoms with Crippen molar-refractivity contribution in [3.8, 4) is 11.5 Å². The van der Waals surface area contributed by atoms with Crippen molar-refractivity contribution in [1.82, 2.24) is 0 Å². The second-order valence-electron chi connectivity index (χ2n) is 5.52. The van der Waals surface area contributed by atoms with Crippen molar-refractivity contribution in [2.45, 2.75) is 36.9 Å². The highest BCUT2D eigenvalue weighted by atomic mass is 16.6. The SMILES string of the molecule is COc1ccc2c(c1)[C@]1(C)CC[C@@H](O2)[C@]12CO2. The molecule has 1 aromatic carbocycles. The fraction of sp³-hybridized carbons (Fsp3) is 0.571. The van der Waals surface area contributed by atoms with E-state index >= 15 is 0 Å². The fourth-order valence-electron chi connectivity index (χ4n) is 3.64. The molecule has 0 amide bonds. The Morgan fingerprint density at radius 3 is 2.94 bits per heavy atom. The molecular formula is C14H16O3. The van der Waals surface area contributed by atoms with Crippen LogP contribution in [0.3, 0.4) is 0 Å². The van der Waals surface area contributed by atoms with Crippen LogP contribution in [0.4, 0.5) is 0 Å². The zero-order valence-electron chi connectivity index (χ0n) is 10.2. The van der Waals surface area contributed by atoms with Crippen LogP contribution in [0.1, 0.15) is 25.3 Å². The van der Waals surface area contributed by atoms with E-state index in [2.05, 4.69) is 13.0 Å². The van der Waals surface area contributed by atoms with Gasteiger partial charge in [-0.3, -0.25) is 0 Å². The van der Waals surface area contributed by atoms with Crippen molar-refractivity contribution in [2.24, 2.45) is 0 Å². The molecule has 1 saturated heterocycles. The molecule has 2 heterocycles. The fourth-order valence-corrected chi connectivity index (χ4v) is 3.64. The minimum absolute atomic E-state index is 0.0492. The summed E-state index contributed by atoms with van der Waals surface area (Å²) < 4.78 is 17.2. The summed E-state index contributed by atoms with van der Waals surface area (Å²) in [4.78, 5) is 0. The molecule has 1 saturated carbocycles. The predicted octanol–water partition coefficient (Wildman–Crippen LogP) is 2.28. The number of methoxy groups -OCH3 is 1. The maximum Gasteiger partial charge on any atom is 0.138 e. The molecule has 1 spiro atoms. The Bertz CT molecular complexity index is 492. The Balaban J connectivity index is 1.93. The van der Waals surface area contributed by atoms with Crippen LogP contribution in [0, 0.1) is 0 Å². The third-order valence-electron chi connectivity index (χ3n) is 4.87. The first-order chi connectivity index (χ1) is 8.19. The lowest BCUT2D eigenvalue weighted by Crippen LogP contribution is -2.47. The van der Waals surface area contributed by atoms with Gasteiger partial charge in [-0.2, -0.15) is 0 Å². The molecule has 3 atom stereocenters. The van der Waals surface area contributed by atoms with Gasteiger partial charge in [-0.25, -0.2) is 0 Å². The number of hydrogen-bond donors (Lipinski definition) is 0. The van der Waals surface area contributed by atoms with E-state index in [-0.39, 0.29) is 17.1 Å². The zero-order valence-corrected chi connectivity index (χ0v) is 10.2. The summed E-state index contributed by atoms with van der Waals surface area (Å²) in [5.74, 6) is 1.91. The van der Waals surface area contributed by atoms with Gasteiger partial charge in [-0.1, -0.05) is 6.92 Å². The summed E-state index contributed by atoms with van der Waals surface area (Å²) in [5.41, 5.74) is 1.30. The Labute approximate surface area is 101 Å². The maximum atomic E-state index is 6.08. The topological polar surface area (TPSA) is 31.0 Å². The molecule has 2 fully saturated rings. The average molecular weight is 232 g/mol. The standard InChI is InChI=1S/C14H16O3/c1-13-6-5-12(14(13)8-16-14)17-11-4-3-9(15-2)7-10(11)13/h3-4,7,12H,5-6,8H2,1-2H3/t12-,13+,14-/m1/s1. The first-order valence-electron chi connectivity index (χ1n) is 6.19. The maximum absolute atomic E-state index is 6.08. The van der Waals surface area contributed by atoms with Crippen molar-refractivity contribution in [2.75, 3.05) is 13.7 Å². The highest BCUT2D eigenvalue weighted by Gasteiger charge is 2.71. The summed E-state index contributed by atoms with van der Waals surface area (Å²) in [6, 6.07) is 6.10. The molecule has 4 rings (SSSR count). The third kappa shape index (κ3) is 0.974. The lowest BCUT2D eigenvalue weighted by Gasteiger charge is -2.38. The van der Waals surface area contributed by atoms with Gasteiger partial charge < -0.3 is 14.2 Å². The number of fused-ring (bicyclic) bond motifs is 2. The number of hydrogen-bond acceptors (Lipinski definition) is 3. The van der Waals surface area contributed by atoms with E-state index < -0.39 is 0 Å². The number of rotatable bonds is 1. The van der Waals surface area contributed by atoms with Gasteiger partial charge in [0.25, 0.3) is 0 Å². The van der Waals surface area contributed by atoms with Gasteiger partial charge in [0, 0.05) is 11.0 Å². The van der Waals surface area contributed by atoms with Crippen LogP contribution in [-0.4, -0.2) is 25.4 Å². The molecule has 3 nitrogen and oxygen atoms in total. The molecule has 0 radical (unpaired) electrons. The van der Waals surface area contributed by atoms with E-state index in [4.69, 9.17) is 14.2 Å². The van der Waals surface area contributed by atoms with E-state index in [0.717, 1.165) is 30.9 Å². The van der Waals surface area contributed by atoms with Crippen molar-refractivity contribution in [3.05, 3.63) is 23.8 Å². The smallest absolute Gasteiger partial charge is 0.138 e. The summed E-state index contributed by atoms with van der Waals surface area (Å²) in [7, 11) is 1.70. The number of benzene rings is 1. The van der Waals surface area contributed by atoms with Gasteiger partial charge in [0.05, 0.1) is 13.7 Å². The molecule has 3 aliphatic rings. The molecule has 0 aromatic heterocycles. The summed E-state index contributed by atoms with van der Waals surface area (Å²) in [6.45, 7) is 3.14. The molecule has 17 heavy (non-hydrogen) atoms. The van der Waals surface area contributed by atoms with Crippen molar-refractivity contribution < 1.29 is 14.2 Å². The molecule has 1 aromatic rings. The highest BCUT2D eigenvalue weighted by Crippen LogP contribution is 2.63. The molecule has 2 bridgehead atoms. The van der Waals surface area contributed by atoms with Crippen molar-refractivity contribution in [3.63, 3.8) is 0 Å². The Kier molecular flexibility index (Phi) is 1.60. The van der Waals surface area contributed by atoms with Gasteiger partial charge in [0.2, 0.25) is 0 Å². The average Bonchev–Trinajstić information content (AvgIpc) is 3.10. The zero-order chi connectivity index (χ0) is 11.7. The molecule has 2 aliphatic heterocycles. The lowest BCUT2D eigenvalue weighted by molar-refractivity contribution is 0.0684. The minimum atomic E-state index is -0.0492. The van der Waals surface area contributed by atoms with E-state index in [1.807, 2.05) is 12.1 Å². The number of epoxide rings is 1. The molecule has 3 heteroatoms. The Morgan fingerprint density at radius 1 is 1.41 bits per heavy atom. The molecule has 1 aliphatic carbocycles. The van der Waals surface area contributed by atoms with Gasteiger partial charge in [-0.15, -0.1) is 0 Å². The number of ether oxygens (including phenoxy) is 3. The molecule has 0 unspecified atom stereocenters. The quantitative estimate of drug-likeness (QED) is 0.696. The van der Waals surface area contributed by atoms with Crippen LogP contribution in [0.2, 0.25) is 0 Å². The first kappa shape index (κ1) is 9.77. The van der Waals surface area contributed by atoms with Crippen LogP contribution in [-0.2, 0) is 10.2 Å². The van der Waals surface area contributed by atoms with Crippen molar-refractivity contribution >= 4 is 0 Å². The largest absolute Gasteiger partial charge is 0.497 e. The van der Waals surface area contributed by atoms with Crippen LogP contribution in [0.25, 0.3) is 0 Å². The molecule has 90 valence electrons. The highest BCUT2D eigenvalue weighted by molar-refractivity contribution is 5.52. The second-order valence-corrected chi connectivity index (χ2v) is 5.52. The van der Waals surface area contributed by atoms with Gasteiger partial charge in [0.15, 0.2) is 0 Å². The summed E-state index contributed by atoms with van der Waals surface area (Å²) in [6.07, 6.45) is 2.47. The van der Waals surface area contributed by atoms with E-state index in [0.29, 0.717) is 0 Å². The molecular weight excluding hydrogens is 216 g/mol. The monoisotopic (exact) mass is 232 g/mol. The Morgan fingerprint density at radius 2 is 2.24 bits per heavy atom. The van der Waals surface area contributed by atoms with Crippen LogP contribution < -0.4 is 9.47 Å². The van der Waals surface area contributed by atoms with Gasteiger partial charge in [0.1, 0.15) is 23.2 Å². The minimum Gasteiger partial charge on any atom is -0.497 e. The van der Waals surface area contributed by atoms with E-state index in [9.17, 15) is 0 Å². The van der Waals surface area contributed by atoms with Gasteiger partial charge in [-0.05, 0) is 31.0 Å². The summed E-state index contributed by atoms with van der Waals surface area (Å²) in [5, 5.41) is 0. The predicted molar refractivity (Wildman–Crippen MR) is 62.7 cm³/mol.